The van der Waals surface area contributed by atoms with Crippen molar-refractivity contribution in [3.8, 4) is 0 Å². The summed E-state index contributed by atoms with van der Waals surface area (Å²) < 4.78 is 37.4. The molecule has 0 bridgehead atoms. The van der Waals surface area contributed by atoms with Gasteiger partial charge in [0.25, 0.3) is 0 Å². The van der Waals surface area contributed by atoms with Gasteiger partial charge in [0.05, 0.1) is 19.7 Å². The van der Waals surface area contributed by atoms with Crippen molar-refractivity contribution in [2.45, 2.75) is 5.41 Å². The summed E-state index contributed by atoms with van der Waals surface area (Å²) in [6, 6.07) is 29.5. The van der Waals surface area contributed by atoms with Crippen LogP contribution in [0.25, 0.3) is 0 Å². The van der Waals surface area contributed by atoms with Crippen molar-refractivity contribution in [3.63, 3.8) is 0 Å². The molecule has 0 saturated heterocycles. The fraction of sp³-hybridized carbons (Fsp3) is 0.100. The minimum Gasteiger partial charge on any atom is -0.183 e. The van der Waals surface area contributed by atoms with Crippen molar-refractivity contribution >= 4 is 8.81 Å². The van der Waals surface area contributed by atoms with E-state index in [1.165, 1.54) is 0 Å². The van der Waals surface area contributed by atoms with Crippen molar-refractivity contribution < 1.29 is 28.3 Å². The van der Waals surface area contributed by atoms with E-state index in [1.807, 2.05) is 91.0 Å². The van der Waals surface area contributed by atoms with Gasteiger partial charge in [0, 0.05) is 6.16 Å². The Balaban J connectivity index is 2.15. The Bertz CT molecular complexity index is 711. The summed E-state index contributed by atoms with van der Waals surface area (Å²) in [6.07, 6.45) is 0.333. The van der Waals surface area contributed by atoms with Crippen molar-refractivity contribution in [2.24, 2.45) is 0 Å². The molecule has 0 spiro atoms. The second kappa shape index (κ2) is 8.28. The molecule has 0 radical (unpaired) electrons. The summed E-state index contributed by atoms with van der Waals surface area (Å²) in [5.41, 5.74) is 2.40. The quantitative estimate of drug-likeness (QED) is 0.454. The molecule has 1 unspecified atom stereocenters. The first-order valence-corrected chi connectivity index (χ1v) is 10.4. The van der Waals surface area contributed by atoms with Gasteiger partial charge in [0.2, 0.25) is 8.81 Å². The summed E-state index contributed by atoms with van der Waals surface area (Å²) in [5.74, 6) is 0. The van der Waals surface area contributed by atoms with E-state index in [9.17, 15) is 14.0 Å². The van der Waals surface area contributed by atoms with Crippen LogP contribution in [0.3, 0.4) is 0 Å². The fourth-order valence-electron chi connectivity index (χ4n) is 3.18. The molecular weight excluding hydrogens is 371 g/mol. The highest BCUT2D eigenvalue weighted by molar-refractivity contribution is 7.32. The first-order valence-electron chi connectivity index (χ1n) is 8.01. The lowest BCUT2D eigenvalue weighted by molar-refractivity contribution is -1.91. The highest BCUT2D eigenvalue weighted by Gasteiger charge is 2.38. The van der Waals surface area contributed by atoms with Gasteiger partial charge in [-0.15, -0.1) is 0 Å². The third-order valence-electron chi connectivity index (χ3n) is 4.29. The van der Waals surface area contributed by atoms with E-state index < -0.39 is 24.5 Å². The van der Waals surface area contributed by atoms with Crippen molar-refractivity contribution in [2.75, 3.05) is 6.16 Å². The topological polar surface area (TPSA) is 78.4 Å². The van der Waals surface area contributed by atoms with Gasteiger partial charge in [0.1, 0.15) is 0 Å². The summed E-state index contributed by atoms with van der Waals surface area (Å²) >= 11 is 0. The van der Waals surface area contributed by atoms with Crippen LogP contribution in [-0.4, -0.2) is 6.16 Å². The van der Waals surface area contributed by atoms with Gasteiger partial charge in [-0.05, 0) is 16.7 Å². The van der Waals surface area contributed by atoms with Crippen LogP contribution in [0.5, 0.6) is 0 Å². The zero-order valence-electron chi connectivity index (χ0n) is 13.9. The zero-order chi connectivity index (χ0) is 18.5. The average molecular weight is 389 g/mol. The van der Waals surface area contributed by atoms with E-state index in [4.69, 9.17) is 0 Å². The molecular formula is C20H18ClO4P. The highest BCUT2D eigenvalue weighted by atomic mass is 35.7. The standard InChI is InChI=1S/C20H18ClO4P/c22-21(23,24)25-26-16-20(17-10-4-1-5-11-17,18-12-6-2-7-13-18)19-14-8-3-9-15-19/h1-15,26H,16H2. The Morgan fingerprint density at radius 3 is 1.31 bits per heavy atom. The maximum absolute atomic E-state index is 10.9. The molecule has 0 aliphatic rings. The lowest BCUT2D eigenvalue weighted by Crippen LogP contribution is -2.59. The van der Waals surface area contributed by atoms with Crippen LogP contribution >= 0.6 is 8.81 Å². The molecule has 0 aliphatic carbocycles. The van der Waals surface area contributed by atoms with E-state index >= 15 is 0 Å². The number of hydrogen-bond donors (Lipinski definition) is 0. The van der Waals surface area contributed by atoms with Crippen LogP contribution in [0.1, 0.15) is 16.7 Å². The first-order chi connectivity index (χ1) is 12.5. The van der Waals surface area contributed by atoms with E-state index in [-0.39, 0.29) is 0 Å². The first kappa shape index (κ1) is 19.0. The molecule has 6 heteroatoms. The van der Waals surface area contributed by atoms with E-state index in [0.717, 1.165) is 16.7 Å². The number of hydrogen-bond acceptors (Lipinski definition) is 4. The highest BCUT2D eigenvalue weighted by Crippen LogP contribution is 2.43. The van der Waals surface area contributed by atoms with E-state index in [1.54, 1.807) is 0 Å². The molecule has 0 N–H and O–H groups in total. The minimum absolute atomic E-state index is 0.333. The van der Waals surface area contributed by atoms with Crippen LogP contribution in [-0.2, 0) is 9.49 Å². The maximum atomic E-state index is 10.9. The van der Waals surface area contributed by atoms with Crippen molar-refractivity contribution in [3.05, 3.63) is 108 Å². The third-order valence-corrected chi connectivity index (χ3v) is 6.15. The number of halogens is 1. The van der Waals surface area contributed by atoms with Gasteiger partial charge in [-0.25, -0.2) is 0 Å². The van der Waals surface area contributed by atoms with Crippen LogP contribution in [0, 0.1) is 10.2 Å². The monoisotopic (exact) mass is 388 g/mol. The van der Waals surface area contributed by atoms with Gasteiger partial charge in [0.15, 0.2) is 0 Å². The van der Waals surface area contributed by atoms with Crippen molar-refractivity contribution in [1.29, 1.82) is 0 Å². The number of benzene rings is 3. The molecule has 0 heterocycles. The molecule has 3 rings (SSSR count). The number of rotatable bonds is 7. The SMILES string of the molecule is [O-][Cl+3]([O-])([O-])OPCC(c1ccccc1)(c1ccccc1)c1ccccc1. The molecule has 3 aromatic rings. The molecule has 0 fully saturated rings. The Hall–Kier alpha value is -1.78. The molecule has 1 atom stereocenters. The molecule has 0 saturated carbocycles. The van der Waals surface area contributed by atoms with E-state index in [0.29, 0.717) is 6.16 Å². The van der Waals surface area contributed by atoms with Gasteiger partial charge < -0.3 is 0 Å². The summed E-state index contributed by atoms with van der Waals surface area (Å²) in [7, 11) is -4.95. The second-order valence-electron chi connectivity index (χ2n) is 5.78. The summed E-state index contributed by atoms with van der Waals surface area (Å²) in [6.45, 7) is 0. The molecule has 4 nitrogen and oxygen atoms in total. The van der Waals surface area contributed by atoms with Gasteiger partial charge >= 0.3 is 0 Å². The van der Waals surface area contributed by atoms with Gasteiger partial charge in [-0.3, -0.25) is 0 Å². The van der Waals surface area contributed by atoms with Crippen LogP contribution < -0.4 is 14.0 Å². The smallest absolute Gasteiger partial charge is 0.183 e. The van der Waals surface area contributed by atoms with Gasteiger partial charge in [-0.2, -0.15) is 14.0 Å². The van der Waals surface area contributed by atoms with Crippen LogP contribution in [0.4, 0.5) is 0 Å². The molecule has 134 valence electrons. The van der Waals surface area contributed by atoms with Crippen molar-refractivity contribution in [1.82, 2.24) is 0 Å². The average Bonchev–Trinajstić information content (AvgIpc) is 2.67. The maximum Gasteiger partial charge on any atom is 0.203 e. The Kier molecular flexibility index (Phi) is 6.05. The minimum atomic E-state index is -4.45. The largest absolute Gasteiger partial charge is 0.203 e. The molecule has 0 aromatic heterocycles. The Morgan fingerprint density at radius 2 is 1.00 bits per heavy atom. The Morgan fingerprint density at radius 1 is 0.654 bits per heavy atom. The molecule has 0 amide bonds. The summed E-state index contributed by atoms with van der Waals surface area (Å²) in [5, 5.41) is 0. The van der Waals surface area contributed by atoms with Gasteiger partial charge in [-0.1, -0.05) is 91.0 Å². The normalized spacial score (nSPS) is 12.6. The molecule has 26 heavy (non-hydrogen) atoms. The lowest BCUT2D eigenvalue weighted by atomic mass is 9.71. The predicted octanol–water partition coefficient (Wildman–Crippen LogP) is 1.53. The zero-order valence-corrected chi connectivity index (χ0v) is 15.6. The third kappa shape index (κ3) is 4.30. The molecule has 0 aliphatic heterocycles. The van der Waals surface area contributed by atoms with E-state index in [2.05, 4.69) is 4.08 Å². The predicted molar refractivity (Wildman–Crippen MR) is 93.5 cm³/mol. The Labute approximate surface area is 156 Å². The fourth-order valence-corrected chi connectivity index (χ4v) is 4.76. The molecule has 3 aromatic carbocycles. The second-order valence-corrected chi connectivity index (χ2v) is 7.80. The summed E-state index contributed by atoms with van der Waals surface area (Å²) in [4.78, 5) is 0. The lowest BCUT2D eigenvalue weighted by Gasteiger charge is -2.35. The van der Waals surface area contributed by atoms with Crippen LogP contribution in [0.15, 0.2) is 91.0 Å². The van der Waals surface area contributed by atoms with Crippen LogP contribution in [0.2, 0.25) is 0 Å².